The highest BCUT2D eigenvalue weighted by atomic mass is 19.4. The predicted octanol–water partition coefficient (Wildman–Crippen LogP) is 2.81. The van der Waals surface area contributed by atoms with Crippen molar-refractivity contribution in [2.45, 2.75) is 20.0 Å². The fourth-order valence-corrected chi connectivity index (χ4v) is 1.52. The first-order valence-electron chi connectivity index (χ1n) is 6.63. The van der Waals surface area contributed by atoms with Gasteiger partial charge in [0.05, 0.1) is 0 Å². The van der Waals surface area contributed by atoms with E-state index in [0.717, 1.165) is 6.54 Å². The molecular weight excluding hydrogens is 285 g/mol. The van der Waals surface area contributed by atoms with E-state index in [2.05, 4.69) is 15.4 Å². The zero-order valence-electron chi connectivity index (χ0n) is 12.0. The van der Waals surface area contributed by atoms with E-state index in [-0.39, 0.29) is 17.6 Å². The minimum absolute atomic E-state index is 0.103. The molecule has 21 heavy (non-hydrogen) atoms. The Bertz CT molecular complexity index is 447. The molecular formula is C14H19F3N2O2. The van der Waals surface area contributed by atoms with Crippen molar-refractivity contribution in [1.29, 1.82) is 0 Å². The highest BCUT2D eigenvalue weighted by Gasteiger charge is 2.28. The molecule has 0 aliphatic carbocycles. The molecule has 0 aliphatic rings. The summed E-state index contributed by atoms with van der Waals surface area (Å²) in [6.45, 7) is 3.75. The van der Waals surface area contributed by atoms with Crippen LogP contribution in [0.5, 0.6) is 5.75 Å². The van der Waals surface area contributed by atoms with Crippen LogP contribution in [0.1, 0.15) is 13.8 Å². The van der Waals surface area contributed by atoms with Gasteiger partial charge >= 0.3 is 6.18 Å². The number of carbonyl (C=O) groups is 1. The van der Waals surface area contributed by atoms with Gasteiger partial charge in [-0.1, -0.05) is 13.8 Å². The number of benzene rings is 1. The summed E-state index contributed by atoms with van der Waals surface area (Å²) in [6.07, 6.45) is -4.37. The molecule has 0 bridgehead atoms. The van der Waals surface area contributed by atoms with E-state index >= 15 is 0 Å². The summed E-state index contributed by atoms with van der Waals surface area (Å²) in [6, 6.07) is 5.78. The van der Waals surface area contributed by atoms with Crippen LogP contribution in [0.3, 0.4) is 0 Å². The summed E-state index contributed by atoms with van der Waals surface area (Å²) in [5, 5.41) is 5.76. The van der Waals surface area contributed by atoms with Crippen molar-refractivity contribution < 1.29 is 22.7 Å². The molecule has 0 saturated heterocycles. The SMILES string of the molecule is CCNCC(C)C(=O)Nc1ccc(OCC(F)(F)F)cc1. The Balaban J connectivity index is 2.49. The lowest BCUT2D eigenvalue weighted by atomic mass is 10.1. The van der Waals surface area contributed by atoms with Crippen LogP contribution >= 0.6 is 0 Å². The Morgan fingerprint density at radius 2 is 1.90 bits per heavy atom. The standard InChI is InChI=1S/C14H19F3N2O2/c1-3-18-8-10(2)13(20)19-11-4-6-12(7-5-11)21-9-14(15,16)17/h4-7,10,18H,3,8-9H2,1-2H3,(H,19,20). The maximum atomic E-state index is 12.0. The highest BCUT2D eigenvalue weighted by molar-refractivity contribution is 5.92. The normalized spacial score (nSPS) is 12.8. The minimum Gasteiger partial charge on any atom is -0.484 e. The van der Waals surface area contributed by atoms with Crippen LogP contribution in [0.25, 0.3) is 0 Å². The molecule has 7 heteroatoms. The van der Waals surface area contributed by atoms with Crippen molar-refractivity contribution >= 4 is 11.6 Å². The maximum Gasteiger partial charge on any atom is 0.422 e. The number of amides is 1. The van der Waals surface area contributed by atoms with Gasteiger partial charge in [-0.2, -0.15) is 13.2 Å². The molecule has 0 saturated carbocycles. The Kier molecular flexibility index (Phi) is 6.48. The molecule has 0 fully saturated rings. The molecule has 1 aromatic rings. The quantitative estimate of drug-likeness (QED) is 0.814. The molecule has 0 radical (unpaired) electrons. The molecule has 1 aromatic carbocycles. The third kappa shape index (κ3) is 6.99. The number of carbonyl (C=O) groups excluding carboxylic acids is 1. The Labute approximate surface area is 121 Å². The third-order valence-electron chi connectivity index (χ3n) is 2.67. The van der Waals surface area contributed by atoms with Crippen molar-refractivity contribution in [1.82, 2.24) is 5.32 Å². The van der Waals surface area contributed by atoms with Crippen LogP contribution in [-0.2, 0) is 4.79 Å². The second kappa shape index (κ2) is 7.87. The monoisotopic (exact) mass is 304 g/mol. The van der Waals surface area contributed by atoms with Gasteiger partial charge in [0.2, 0.25) is 5.91 Å². The van der Waals surface area contributed by atoms with Crippen molar-refractivity contribution in [3.63, 3.8) is 0 Å². The van der Waals surface area contributed by atoms with E-state index in [1.807, 2.05) is 6.92 Å². The van der Waals surface area contributed by atoms with Gasteiger partial charge in [0.15, 0.2) is 6.61 Å². The predicted molar refractivity (Wildman–Crippen MR) is 74.3 cm³/mol. The van der Waals surface area contributed by atoms with Crippen LogP contribution in [0.15, 0.2) is 24.3 Å². The molecule has 0 heterocycles. The van der Waals surface area contributed by atoms with E-state index in [4.69, 9.17) is 0 Å². The topological polar surface area (TPSA) is 50.4 Å². The van der Waals surface area contributed by atoms with E-state index in [9.17, 15) is 18.0 Å². The summed E-state index contributed by atoms with van der Waals surface area (Å²) in [4.78, 5) is 11.8. The third-order valence-corrected chi connectivity index (χ3v) is 2.67. The number of nitrogens with one attached hydrogen (secondary N) is 2. The largest absolute Gasteiger partial charge is 0.484 e. The molecule has 1 unspecified atom stereocenters. The van der Waals surface area contributed by atoms with Crippen molar-refractivity contribution in [2.75, 3.05) is 25.0 Å². The van der Waals surface area contributed by atoms with Crippen LogP contribution in [0, 0.1) is 5.92 Å². The average molecular weight is 304 g/mol. The van der Waals surface area contributed by atoms with Gasteiger partial charge in [0, 0.05) is 18.2 Å². The number of ether oxygens (including phenoxy) is 1. The molecule has 1 atom stereocenters. The average Bonchev–Trinajstić information content (AvgIpc) is 2.43. The lowest BCUT2D eigenvalue weighted by Gasteiger charge is -2.13. The molecule has 2 N–H and O–H groups in total. The van der Waals surface area contributed by atoms with Crippen molar-refractivity contribution in [2.24, 2.45) is 5.92 Å². The first kappa shape index (κ1) is 17.3. The van der Waals surface area contributed by atoms with Gasteiger partial charge in [-0.15, -0.1) is 0 Å². The van der Waals surface area contributed by atoms with Crippen LogP contribution in [-0.4, -0.2) is 31.8 Å². The van der Waals surface area contributed by atoms with Gasteiger partial charge in [0.1, 0.15) is 5.75 Å². The van der Waals surface area contributed by atoms with E-state index in [0.29, 0.717) is 12.2 Å². The van der Waals surface area contributed by atoms with E-state index in [1.165, 1.54) is 24.3 Å². The zero-order chi connectivity index (χ0) is 15.9. The van der Waals surface area contributed by atoms with E-state index < -0.39 is 12.8 Å². The molecule has 118 valence electrons. The van der Waals surface area contributed by atoms with Crippen LogP contribution in [0.4, 0.5) is 18.9 Å². The molecule has 1 amide bonds. The Morgan fingerprint density at radius 1 is 1.29 bits per heavy atom. The molecule has 0 spiro atoms. The summed E-state index contributed by atoms with van der Waals surface area (Å²) in [5.41, 5.74) is 0.516. The molecule has 4 nitrogen and oxygen atoms in total. The summed E-state index contributed by atoms with van der Waals surface area (Å²) in [5.74, 6) is -0.253. The van der Waals surface area contributed by atoms with E-state index in [1.54, 1.807) is 6.92 Å². The number of hydrogen-bond acceptors (Lipinski definition) is 3. The first-order valence-corrected chi connectivity index (χ1v) is 6.63. The van der Waals surface area contributed by atoms with Crippen LogP contribution in [0.2, 0.25) is 0 Å². The van der Waals surface area contributed by atoms with Crippen molar-refractivity contribution in [3.8, 4) is 5.75 Å². The number of hydrogen-bond donors (Lipinski definition) is 2. The maximum absolute atomic E-state index is 12.0. The van der Waals surface area contributed by atoms with Gasteiger partial charge in [-0.25, -0.2) is 0 Å². The van der Waals surface area contributed by atoms with Crippen molar-refractivity contribution in [3.05, 3.63) is 24.3 Å². The van der Waals surface area contributed by atoms with Gasteiger partial charge < -0.3 is 15.4 Å². The summed E-state index contributed by atoms with van der Waals surface area (Å²) >= 11 is 0. The summed E-state index contributed by atoms with van der Waals surface area (Å²) < 4.78 is 40.6. The lowest BCUT2D eigenvalue weighted by molar-refractivity contribution is -0.153. The Morgan fingerprint density at radius 3 is 2.43 bits per heavy atom. The second-order valence-electron chi connectivity index (χ2n) is 4.63. The molecule has 0 aromatic heterocycles. The lowest BCUT2D eigenvalue weighted by Crippen LogP contribution is -2.30. The number of anilines is 1. The number of rotatable bonds is 7. The fourth-order valence-electron chi connectivity index (χ4n) is 1.52. The van der Waals surface area contributed by atoms with Gasteiger partial charge in [-0.05, 0) is 30.8 Å². The zero-order valence-corrected chi connectivity index (χ0v) is 12.0. The molecule has 1 rings (SSSR count). The first-order chi connectivity index (χ1) is 9.81. The van der Waals surface area contributed by atoms with Gasteiger partial charge in [0.25, 0.3) is 0 Å². The summed E-state index contributed by atoms with van der Waals surface area (Å²) in [7, 11) is 0. The fraction of sp³-hybridized carbons (Fsp3) is 0.500. The van der Waals surface area contributed by atoms with Gasteiger partial charge in [-0.3, -0.25) is 4.79 Å². The minimum atomic E-state index is -4.37. The molecule has 0 aliphatic heterocycles. The Hall–Kier alpha value is -1.76. The number of halogens is 3. The highest BCUT2D eigenvalue weighted by Crippen LogP contribution is 2.20. The smallest absolute Gasteiger partial charge is 0.422 e. The second-order valence-corrected chi connectivity index (χ2v) is 4.63. The number of alkyl halides is 3. The van der Waals surface area contributed by atoms with Crippen LogP contribution < -0.4 is 15.4 Å².